The van der Waals surface area contributed by atoms with E-state index in [1.54, 1.807) is 0 Å². The highest BCUT2D eigenvalue weighted by molar-refractivity contribution is 5.71. The van der Waals surface area contributed by atoms with Gasteiger partial charge in [-0.15, -0.1) is 0 Å². The van der Waals surface area contributed by atoms with Gasteiger partial charge in [0.15, 0.2) is 6.10 Å². The average Bonchev–Trinajstić information content (AvgIpc) is 3.23. The molecular formula is C53H96O6. The van der Waals surface area contributed by atoms with Crippen molar-refractivity contribution in [2.45, 2.75) is 271 Å². The third-order valence-corrected chi connectivity index (χ3v) is 11.1. The van der Waals surface area contributed by atoms with Crippen molar-refractivity contribution in [3.8, 4) is 0 Å². The van der Waals surface area contributed by atoms with Crippen LogP contribution in [0.2, 0.25) is 0 Å². The molecule has 0 aliphatic carbocycles. The number of esters is 3. The first-order chi connectivity index (χ1) is 29.0. The van der Waals surface area contributed by atoms with Gasteiger partial charge in [-0.25, -0.2) is 0 Å². The molecule has 0 fully saturated rings. The van der Waals surface area contributed by atoms with Gasteiger partial charge in [-0.1, -0.05) is 218 Å². The van der Waals surface area contributed by atoms with Gasteiger partial charge in [0.1, 0.15) is 13.2 Å². The molecule has 0 aliphatic rings. The molecule has 344 valence electrons. The van der Waals surface area contributed by atoms with Gasteiger partial charge in [0.2, 0.25) is 0 Å². The van der Waals surface area contributed by atoms with Gasteiger partial charge in [0.25, 0.3) is 0 Å². The van der Waals surface area contributed by atoms with Crippen LogP contribution in [0.25, 0.3) is 0 Å². The highest BCUT2D eigenvalue weighted by atomic mass is 16.6. The maximum absolute atomic E-state index is 12.8. The van der Waals surface area contributed by atoms with E-state index in [4.69, 9.17) is 14.2 Å². The van der Waals surface area contributed by atoms with Crippen LogP contribution in [0.5, 0.6) is 0 Å². The van der Waals surface area contributed by atoms with E-state index >= 15 is 0 Å². The third kappa shape index (κ3) is 46.5. The normalized spacial score (nSPS) is 12.3. The molecule has 1 unspecified atom stereocenters. The summed E-state index contributed by atoms with van der Waals surface area (Å²) in [5.41, 5.74) is 0. The molecule has 0 aromatic rings. The fraction of sp³-hybridized carbons (Fsp3) is 0.830. The van der Waals surface area contributed by atoms with E-state index in [1.807, 2.05) is 0 Å². The molecule has 0 aromatic carbocycles. The number of hydrogen-bond donors (Lipinski definition) is 0. The second-order valence-corrected chi connectivity index (χ2v) is 17.1. The van der Waals surface area contributed by atoms with Gasteiger partial charge in [0, 0.05) is 19.3 Å². The molecule has 0 bridgehead atoms. The molecule has 1 atom stereocenters. The maximum atomic E-state index is 12.8. The summed E-state index contributed by atoms with van der Waals surface area (Å²) in [5, 5.41) is 0. The van der Waals surface area contributed by atoms with E-state index in [1.165, 1.54) is 141 Å². The van der Waals surface area contributed by atoms with Crippen LogP contribution in [0.1, 0.15) is 265 Å². The van der Waals surface area contributed by atoms with Crippen LogP contribution in [-0.4, -0.2) is 37.2 Å². The number of unbranched alkanes of at least 4 members (excludes halogenated alkanes) is 30. The number of carbonyl (C=O) groups is 3. The molecule has 0 N–H and O–H groups in total. The molecule has 6 heteroatoms. The first-order valence-corrected chi connectivity index (χ1v) is 25.5. The first-order valence-electron chi connectivity index (χ1n) is 25.5. The first kappa shape index (κ1) is 56.6. The molecule has 0 amide bonds. The fourth-order valence-electron chi connectivity index (χ4n) is 7.24. The maximum Gasteiger partial charge on any atom is 0.306 e. The van der Waals surface area contributed by atoms with Crippen molar-refractivity contribution in [3.05, 3.63) is 36.5 Å². The van der Waals surface area contributed by atoms with Crippen molar-refractivity contribution in [2.75, 3.05) is 13.2 Å². The van der Waals surface area contributed by atoms with E-state index in [9.17, 15) is 14.4 Å². The Morgan fingerprint density at radius 1 is 0.339 bits per heavy atom. The Balaban J connectivity index is 4.37. The Morgan fingerprint density at radius 2 is 0.627 bits per heavy atom. The number of carbonyl (C=O) groups excluding carboxylic acids is 3. The van der Waals surface area contributed by atoms with E-state index in [0.29, 0.717) is 19.3 Å². The molecule has 0 radical (unpaired) electrons. The Bertz CT molecular complexity index is 1000. The monoisotopic (exact) mass is 829 g/mol. The van der Waals surface area contributed by atoms with Crippen molar-refractivity contribution >= 4 is 17.9 Å². The zero-order chi connectivity index (χ0) is 43.0. The fourth-order valence-corrected chi connectivity index (χ4v) is 7.24. The summed E-state index contributed by atoms with van der Waals surface area (Å²) in [6.45, 7) is 6.56. The quantitative estimate of drug-likeness (QED) is 0.0200. The van der Waals surface area contributed by atoms with Crippen LogP contribution in [0, 0.1) is 0 Å². The lowest BCUT2D eigenvalue weighted by molar-refractivity contribution is -0.167. The standard InChI is InChI=1S/C53H96O6/c1-4-7-10-13-16-19-22-24-26-27-29-31-34-37-40-43-46-52(55)58-49-50(48-57-51(54)45-42-39-36-33-30-21-18-15-12-9-6-3)59-53(56)47-44-41-38-35-32-28-25-23-20-17-14-11-8-5-2/h15,18,21,28,30,32,50H,4-14,16-17,19-20,22-27,29,31,33-49H2,1-3H3/b18-15-,30-21-,32-28-. The smallest absolute Gasteiger partial charge is 0.306 e. The SMILES string of the molecule is CCCC/C=C\C=C/CCCCCC(=O)OCC(COC(=O)CCCCCCCCCCCCCCCCCC)OC(=O)CCCCC/C=C\CCCCCCCCC. The van der Waals surface area contributed by atoms with Gasteiger partial charge in [-0.3, -0.25) is 14.4 Å². The van der Waals surface area contributed by atoms with Crippen molar-refractivity contribution in [2.24, 2.45) is 0 Å². The second kappa shape index (κ2) is 48.3. The molecular weight excluding hydrogens is 733 g/mol. The predicted octanol–water partition coefficient (Wildman–Crippen LogP) is 16.5. The Hall–Kier alpha value is -2.37. The van der Waals surface area contributed by atoms with Crippen LogP contribution in [0.15, 0.2) is 36.5 Å². The van der Waals surface area contributed by atoms with Crippen LogP contribution < -0.4 is 0 Å². The molecule has 0 aromatic heterocycles. The molecule has 0 rings (SSSR count). The minimum atomic E-state index is -0.786. The number of hydrogen-bond acceptors (Lipinski definition) is 6. The van der Waals surface area contributed by atoms with Crippen LogP contribution in [0.3, 0.4) is 0 Å². The van der Waals surface area contributed by atoms with E-state index in [-0.39, 0.29) is 31.1 Å². The zero-order valence-corrected chi connectivity index (χ0v) is 39.3. The van der Waals surface area contributed by atoms with Gasteiger partial charge >= 0.3 is 17.9 Å². The molecule has 0 aliphatic heterocycles. The highest BCUT2D eigenvalue weighted by Crippen LogP contribution is 2.15. The largest absolute Gasteiger partial charge is 0.462 e. The van der Waals surface area contributed by atoms with E-state index < -0.39 is 6.10 Å². The summed E-state index contributed by atoms with van der Waals surface area (Å²) in [6, 6.07) is 0. The molecule has 0 saturated carbocycles. The van der Waals surface area contributed by atoms with Gasteiger partial charge < -0.3 is 14.2 Å². The number of allylic oxidation sites excluding steroid dienone is 6. The van der Waals surface area contributed by atoms with E-state index in [0.717, 1.165) is 83.5 Å². The minimum Gasteiger partial charge on any atom is -0.462 e. The topological polar surface area (TPSA) is 78.9 Å². The molecule has 0 heterocycles. The van der Waals surface area contributed by atoms with Gasteiger partial charge in [-0.2, -0.15) is 0 Å². The molecule has 0 saturated heterocycles. The molecule has 59 heavy (non-hydrogen) atoms. The average molecular weight is 829 g/mol. The van der Waals surface area contributed by atoms with Crippen molar-refractivity contribution in [1.82, 2.24) is 0 Å². The summed E-state index contributed by atoms with van der Waals surface area (Å²) in [7, 11) is 0. The van der Waals surface area contributed by atoms with E-state index in [2.05, 4.69) is 57.2 Å². The summed E-state index contributed by atoms with van der Waals surface area (Å²) >= 11 is 0. The zero-order valence-electron chi connectivity index (χ0n) is 39.3. The van der Waals surface area contributed by atoms with Crippen molar-refractivity contribution in [1.29, 1.82) is 0 Å². The predicted molar refractivity (Wildman–Crippen MR) is 252 cm³/mol. The van der Waals surface area contributed by atoms with Crippen molar-refractivity contribution in [3.63, 3.8) is 0 Å². The Kier molecular flexibility index (Phi) is 46.4. The lowest BCUT2D eigenvalue weighted by Gasteiger charge is -2.18. The van der Waals surface area contributed by atoms with Gasteiger partial charge in [0.05, 0.1) is 0 Å². The summed E-state index contributed by atoms with van der Waals surface area (Å²) in [5.74, 6) is -0.920. The van der Waals surface area contributed by atoms with Crippen LogP contribution >= 0.6 is 0 Å². The van der Waals surface area contributed by atoms with Crippen molar-refractivity contribution < 1.29 is 28.6 Å². The van der Waals surface area contributed by atoms with Gasteiger partial charge in [-0.05, 0) is 64.2 Å². The summed E-state index contributed by atoms with van der Waals surface area (Å²) in [4.78, 5) is 37.9. The lowest BCUT2D eigenvalue weighted by Crippen LogP contribution is -2.30. The Morgan fingerprint density at radius 3 is 1.02 bits per heavy atom. The van der Waals surface area contributed by atoms with Crippen LogP contribution in [-0.2, 0) is 28.6 Å². The summed E-state index contributed by atoms with van der Waals surface area (Å²) in [6.07, 6.45) is 55.6. The van der Waals surface area contributed by atoms with Crippen LogP contribution in [0.4, 0.5) is 0 Å². The lowest BCUT2D eigenvalue weighted by atomic mass is 10.0. The minimum absolute atomic E-state index is 0.0839. The third-order valence-electron chi connectivity index (χ3n) is 11.1. The highest BCUT2D eigenvalue weighted by Gasteiger charge is 2.19. The Labute approximate surface area is 365 Å². The molecule has 0 spiro atoms. The summed E-state index contributed by atoms with van der Waals surface area (Å²) < 4.78 is 16.7. The second-order valence-electron chi connectivity index (χ2n) is 17.1. The number of rotatable bonds is 46. The molecule has 6 nitrogen and oxygen atoms in total. The number of ether oxygens (including phenoxy) is 3.